The van der Waals surface area contributed by atoms with E-state index >= 15 is 0 Å². The van der Waals surface area contributed by atoms with Crippen molar-refractivity contribution in [3.63, 3.8) is 0 Å². The van der Waals surface area contributed by atoms with E-state index in [1.165, 1.54) is 18.4 Å². The first kappa shape index (κ1) is 17.0. The maximum absolute atomic E-state index is 5.63. The lowest BCUT2D eigenvalue weighted by Gasteiger charge is -2.17. The van der Waals surface area contributed by atoms with Crippen molar-refractivity contribution in [2.24, 2.45) is 0 Å². The quantitative estimate of drug-likeness (QED) is 0.622. The molecule has 1 rings (SSSR count). The van der Waals surface area contributed by atoms with E-state index in [-0.39, 0.29) is 0 Å². The predicted molar refractivity (Wildman–Crippen MR) is 84.4 cm³/mol. The SMILES string of the molecule is CCCCNC(CC)c1ccc(OCCOCC)cc1. The van der Waals surface area contributed by atoms with Crippen molar-refractivity contribution in [1.82, 2.24) is 5.32 Å². The molecule has 1 unspecified atom stereocenters. The Bertz CT molecular complexity index is 337. The van der Waals surface area contributed by atoms with E-state index in [4.69, 9.17) is 9.47 Å². The molecule has 0 aliphatic heterocycles. The Morgan fingerprint density at radius 2 is 1.80 bits per heavy atom. The molecule has 0 fully saturated rings. The smallest absolute Gasteiger partial charge is 0.119 e. The van der Waals surface area contributed by atoms with E-state index in [0.717, 1.165) is 25.3 Å². The molecule has 3 nitrogen and oxygen atoms in total. The Hall–Kier alpha value is -1.06. The van der Waals surface area contributed by atoms with Gasteiger partial charge in [-0.25, -0.2) is 0 Å². The molecule has 114 valence electrons. The number of benzene rings is 1. The molecule has 0 aliphatic carbocycles. The van der Waals surface area contributed by atoms with Gasteiger partial charge in [-0.05, 0) is 44.0 Å². The minimum absolute atomic E-state index is 0.444. The monoisotopic (exact) mass is 279 g/mol. The Morgan fingerprint density at radius 3 is 2.40 bits per heavy atom. The van der Waals surface area contributed by atoms with Crippen LogP contribution in [0.1, 0.15) is 51.6 Å². The van der Waals surface area contributed by atoms with Gasteiger partial charge in [-0.15, -0.1) is 0 Å². The second-order valence-electron chi connectivity index (χ2n) is 4.88. The standard InChI is InChI=1S/C17H29NO2/c1-4-7-12-18-17(5-2)15-8-10-16(11-9-15)20-14-13-19-6-3/h8-11,17-18H,4-7,12-14H2,1-3H3. The molecule has 0 bridgehead atoms. The second kappa shape index (κ2) is 10.7. The van der Waals surface area contributed by atoms with Crippen LogP contribution in [0.3, 0.4) is 0 Å². The summed E-state index contributed by atoms with van der Waals surface area (Å²) in [5.74, 6) is 0.914. The molecule has 1 aromatic rings. The van der Waals surface area contributed by atoms with Crippen LogP contribution >= 0.6 is 0 Å². The zero-order valence-corrected chi connectivity index (χ0v) is 13.2. The van der Waals surface area contributed by atoms with Gasteiger partial charge in [-0.2, -0.15) is 0 Å². The van der Waals surface area contributed by atoms with Crippen LogP contribution in [0.25, 0.3) is 0 Å². The fourth-order valence-electron chi connectivity index (χ4n) is 2.11. The summed E-state index contributed by atoms with van der Waals surface area (Å²) in [6.45, 7) is 9.51. The molecule has 0 radical (unpaired) electrons. The summed E-state index contributed by atoms with van der Waals surface area (Å²) in [6.07, 6.45) is 3.57. The van der Waals surface area contributed by atoms with Crippen molar-refractivity contribution in [3.8, 4) is 5.75 Å². The third kappa shape index (κ3) is 6.40. The fourth-order valence-corrected chi connectivity index (χ4v) is 2.11. The van der Waals surface area contributed by atoms with Crippen molar-refractivity contribution in [1.29, 1.82) is 0 Å². The highest BCUT2D eigenvalue weighted by Gasteiger charge is 2.08. The van der Waals surface area contributed by atoms with Gasteiger partial charge in [0, 0.05) is 12.6 Å². The topological polar surface area (TPSA) is 30.5 Å². The summed E-state index contributed by atoms with van der Waals surface area (Å²) in [4.78, 5) is 0. The van der Waals surface area contributed by atoms with Crippen LogP contribution in [0.2, 0.25) is 0 Å². The predicted octanol–water partition coefficient (Wildman–Crippen LogP) is 3.94. The average Bonchev–Trinajstić information content (AvgIpc) is 2.49. The fraction of sp³-hybridized carbons (Fsp3) is 0.647. The van der Waals surface area contributed by atoms with Gasteiger partial charge in [0.05, 0.1) is 6.61 Å². The maximum atomic E-state index is 5.63. The molecule has 0 spiro atoms. The summed E-state index contributed by atoms with van der Waals surface area (Å²) < 4.78 is 10.9. The highest BCUT2D eigenvalue weighted by atomic mass is 16.5. The first-order valence-corrected chi connectivity index (χ1v) is 7.85. The third-order valence-electron chi connectivity index (χ3n) is 3.31. The van der Waals surface area contributed by atoms with E-state index in [0.29, 0.717) is 19.3 Å². The summed E-state index contributed by atoms with van der Waals surface area (Å²) >= 11 is 0. The van der Waals surface area contributed by atoms with Crippen LogP contribution < -0.4 is 10.1 Å². The highest BCUT2D eigenvalue weighted by molar-refractivity contribution is 5.29. The number of rotatable bonds is 11. The van der Waals surface area contributed by atoms with Crippen molar-refractivity contribution >= 4 is 0 Å². The number of hydrogen-bond acceptors (Lipinski definition) is 3. The van der Waals surface area contributed by atoms with Gasteiger partial charge >= 0.3 is 0 Å². The van der Waals surface area contributed by atoms with Gasteiger partial charge in [-0.1, -0.05) is 32.4 Å². The van der Waals surface area contributed by atoms with Crippen LogP contribution in [0.5, 0.6) is 5.75 Å². The average molecular weight is 279 g/mol. The van der Waals surface area contributed by atoms with Crippen molar-refractivity contribution < 1.29 is 9.47 Å². The first-order valence-electron chi connectivity index (χ1n) is 7.85. The normalized spacial score (nSPS) is 12.3. The summed E-state index contributed by atoms with van der Waals surface area (Å²) in [7, 11) is 0. The number of ether oxygens (including phenoxy) is 2. The molecule has 0 saturated carbocycles. The van der Waals surface area contributed by atoms with Gasteiger partial charge in [-0.3, -0.25) is 0 Å². The molecule has 1 atom stereocenters. The largest absolute Gasteiger partial charge is 0.491 e. The molecular formula is C17H29NO2. The lowest BCUT2D eigenvalue weighted by atomic mass is 10.0. The van der Waals surface area contributed by atoms with Gasteiger partial charge < -0.3 is 14.8 Å². The van der Waals surface area contributed by atoms with Crippen molar-refractivity contribution in [2.75, 3.05) is 26.4 Å². The number of nitrogens with one attached hydrogen (secondary N) is 1. The van der Waals surface area contributed by atoms with Crippen molar-refractivity contribution in [3.05, 3.63) is 29.8 Å². The molecule has 20 heavy (non-hydrogen) atoms. The Morgan fingerprint density at radius 1 is 1.05 bits per heavy atom. The summed E-state index contributed by atoms with van der Waals surface area (Å²) in [6, 6.07) is 8.85. The highest BCUT2D eigenvalue weighted by Crippen LogP contribution is 2.20. The molecule has 1 N–H and O–H groups in total. The van der Waals surface area contributed by atoms with Crippen LogP contribution in [0.4, 0.5) is 0 Å². The van der Waals surface area contributed by atoms with E-state index in [2.05, 4.69) is 31.3 Å². The molecule has 3 heteroatoms. The van der Waals surface area contributed by atoms with Crippen LogP contribution in [0.15, 0.2) is 24.3 Å². The summed E-state index contributed by atoms with van der Waals surface area (Å²) in [5, 5.41) is 3.61. The van der Waals surface area contributed by atoms with Gasteiger partial charge in [0.2, 0.25) is 0 Å². The minimum atomic E-state index is 0.444. The second-order valence-corrected chi connectivity index (χ2v) is 4.88. The van der Waals surface area contributed by atoms with Gasteiger partial charge in [0.25, 0.3) is 0 Å². The lowest BCUT2D eigenvalue weighted by Crippen LogP contribution is -2.21. The number of unbranched alkanes of at least 4 members (excludes halogenated alkanes) is 1. The molecule has 0 amide bonds. The Labute approximate surface area is 123 Å². The molecule has 0 heterocycles. The summed E-state index contributed by atoms with van der Waals surface area (Å²) in [5.41, 5.74) is 1.33. The molecular weight excluding hydrogens is 250 g/mol. The number of hydrogen-bond donors (Lipinski definition) is 1. The molecule has 0 aromatic heterocycles. The minimum Gasteiger partial charge on any atom is -0.491 e. The Kier molecular flexibility index (Phi) is 9.09. The van der Waals surface area contributed by atoms with E-state index in [1.54, 1.807) is 0 Å². The zero-order valence-electron chi connectivity index (χ0n) is 13.2. The van der Waals surface area contributed by atoms with E-state index in [1.807, 2.05) is 19.1 Å². The van der Waals surface area contributed by atoms with Crippen LogP contribution in [-0.4, -0.2) is 26.4 Å². The molecule has 1 aromatic carbocycles. The molecule has 0 saturated heterocycles. The van der Waals surface area contributed by atoms with Crippen molar-refractivity contribution in [2.45, 2.75) is 46.1 Å². The zero-order chi connectivity index (χ0) is 14.6. The van der Waals surface area contributed by atoms with E-state index < -0.39 is 0 Å². The van der Waals surface area contributed by atoms with Crippen LogP contribution in [-0.2, 0) is 4.74 Å². The maximum Gasteiger partial charge on any atom is 0.119 e. The van der Waals surface area contributed by atoms with E-state index in [9.17, 15) is 0 Å². The van der Waals surface area contributed by atoms with Gasteiger partial charge in [0.1, 0.15) is 12.4 Å². The first-order chi connectivity index (χ1) is 9.81. The third-order valence-corrected chi connectivity index (χ3v) is 3.31. The molecule has 0 aliphatic rings. The van der Waals surface area contributed by atoms with Crippen LogP contribution in [0, 0.1) is 0 Å². The lowest BCUT2D eigenvalue weighted by molar-refractivity contribution is 0.110. The van der Waals surface area contributed by atoms with Gasteiger partial charge in [0.15, 0.2) is 0 Å². The Balaban J connectivity index is 2.42.